The summed E-state index contributed by atoms with van der Waals surface area (Å²) in [7, 11) is -3.53. The van der Waals surface area contributed by atoms with Crippen molar-refractivity contribution in [1.29, 1.82) is 0 Å². The minimum Gasteiger partial charge on any atom is -0.336 e. The maximum atomic E-state index is 13.3. The fourth-order valence-electron chi connectivity index (χ4n) is 3.36. The average Bonchev–Trinajstić information content (AvgIpc) is 2.55. The highest BCUT2D eigenvalue weighted by molar-refractivity contribution is 7.88. The summed E-state index contributed by atoms with van der Waals surface area (Å²) in [5, 5.41) is 3.02. The van der Waals surface area contributed by atoms with Crippen molar-refractivity contribution in [3.8, 4) is 0 Å². The minimum atomic E-state index is -3.53. The van der Waals surface area contributed by atoms with E-state index in [1.54, 1.807) is 11.0 Å². The van der Waals surface area contributed by atoms with E-state index in [1.165, 1.54) is 22.5 Å². The molecule has 1 aromatic carbocycles. The molecule has 1 atom stereocenters. The third kappa shape index (κ3) is 4.91. The molecule has 2 fully saturated rings. The van der Waals surface area contributed by atoms with E-state index in [9.17, 15) is 17.6 Å². The number of benzene rings is 1. The summed E-state index contributed by atoms with van der Waals surface area (Å²) in [6, 6.07) is 5.60. The van der Waals surface area contributed by atoms with Crippen LogP contribution >= 0.6 is 12.4 Å². The summed E-state index contributed by atoms with van der Waals surface area (Å²) in [5.41, 5.74) is 0.440. The van der Waals surface area contributed by atoms with Crippen LogP contribution in [0.5, 0.6) is 0 Å². The second-order valence-electron chi connectivity index (χ2n) is 6.30. The van der Waals surface area contributed by atoms with Gasteiger partial charge in [-0.25, -0.2) is 12.8 Å². The van der Waals surface area contributed by atoms with Crippen molar-refractivity contribution in [3.63, 3.8) is 0 Å². The Labute approximate surface area is 153 Å². The van der Waals surface area contributed by atoms with Crippen LogP contribution in [-0.4, -0.2) is 62.3 Å². The number of hydrogen-bond acceptors (Lipinski definition) is 4. The number of piperidine rings is 1. The van der Waals surface area contributed by atoms with Crippen molar-refractivity contribution in [1.82, 2.24) is 14.5 Å². The second-order valence-corrected chi connectivity index (χ2v) is 8.27. The second kappa shape index (κ2) is 8.44. The molecule has 0 saturated carbocycles. The highest BCUT2D eigenvalue weighted by Gasteiger charge is 2.34. The molecule has 0 aliphatic carbocycles. The van der Waals surface area contributed by atoms with Gasteiger partial charge in [-0.05, 0) is 30.5 Å². The van der Waals surface area contributed by atoms with Gasteiger partial charge in [0.2, 0.25) is 15.9 Å². The first-order chi connectivity index (χ1) is 11.5. The van der Waals surface area contributed by atoms with Gasteiger partial charge in [0, 0.05) is 32.2 Å². The van der Waals surface area contributed by atoms with E-state index in [2.05, 4.69) is 5.32 Å². The van der Waals surface area contributed by atoms with Crippen LogP contribution in [-0.2, 0) is 20.6 Å². The standard InChI is InChI=1S/C16H22FN3O3S.ClH/c17-14-4-1-3-13(9-14)12-24(22,23)19-7-2-5-15(11-19)20-8-6-18-10-16(20)21;/h1,3-4,9,15,18H,2,5-8,10-12H2;1H. The summed E-state index contributed by atoms with van der Waals surface area (Å²) in [6.07, 6.45) is 1.54. The van der Waals surface area contributed by atoms with Crippen molar-refractivity contribution in [2.24, 2.45) is 0 Å². The zero-order chi connectivity index (χ0) is 17.2. The van der Waals surface area contributed by atoms with Gasteiger partial charge in [-0.3, -0.25) is 4.79 Å². The smallest absolute Gasteiger partial charge is 0.236 e. The number of hydrogen-bond donors (Lipinski definition) is 1. The van der Waals surface area contributed by atoms with E-state index < -0.39 is 15.8 Å². The highest BCUT2D eigenvalue weighted by Crippen LogP contribution is 2.21. The number of carbonyl (C=O) groups is 1. The lowest BCUT2D eigenvalue weighted by atomic mass is 10.1. The number of halogens is 2. The van der Waals surface area contributed by atoms with Gasteiger partial charge in [0.25, 0.3) is 0 Å². The zero-order valence-electron chi connectivity index (χ0n) is 13.9. The first-order valence-corrected chi connectivity index (χ1v) is 9.79. The van der Waals surface area contributed by atoms with Gasteiger partial charge >= 0.3 is 0 Å². The number of nitrogens with zero attached hydrogens (tertiary/aromatic N) is 2. The van der Waals surface area contributed by atoms with Gasteiger partial charge in [0.15, 0.2) is 0 Å². The van der Waals surface area contributed by atoms with Crippen molar-refractivity contribution in [2.75, 3.05) is 32.7 Å². The van der Waals surface area contributed by atoms with E-state index in [4.69, 9.17) is 0 Å². The van der Waals surface area contributed by atoms with Crippen LogP contribution in [0.15, 0.2) is 24.3 Å². The van der Waals surface area contributed by atoms with Crippen molar-refractivity contribution >= 4 is 28.3 Å². The van der Waals surface area contributed by atoms with Crippen LogP contribution in [0, 0.1) is 5.82 Å². The highest BCUT2D eigenvalue weighted by atomic mass is 35.5. The number of sulfonamides is 1. The van der Waals surface area contributed by atoms with Gasteiger partial charge in [-0.15, -0.1) is 12.4 Å². The minimum absolute atomic E-state index is 0. The summed E-state index contributed by atoms with van der Waals surface area (Å²) in [5.74, 6) is -0.631. The fraction of sp³-hybridized carbons (Fsp3) is 0.562. The van der Waals surface area contributed by atoms with Gasteiger partial charge in [-0.2, -0.15) is 4.31 Å². The molecule has 140 valence electrons. The maximum absolute atomic E-state index is 13.3. The lowest BCUT2D eigenvalue weighted by Gasteiger charge is -2.40. The monoisotopic (exact) mass is 391 g/mol. The normalized spacial score (nSPS) is 22.5. The molecule has 1 N–H and O–H groups in total. The molecule has 0 aromatic heterocycles. The Kier molecular flexibility index (Phi) is 6.79. The van der Waals surface area contributed by atoms with Crippen LogP contribution in [0.3, 0.4) is 0 Å². The average molecular weight is 392 g/mol. The van der Waals surface area contributed by atoms with E-state index in [0.717, 1.165) is 19.4 Å². The van der Waals surface area contributed by atoms with Crippen LogP contribution < -0.4 is 5.32 Å². The van der Waals surface area contributed by atoms with Crippen molar-refractivity contribution in [3.05, 3.63) is 35.6 Å². The van der Waals surface area contributed by atoms with Gasteiger partial charge < -0.3 is 10.2 Å². The first kappa shape index (κ1) is 20.1. The number of carbonyl (C=O) groups excluding carboxylic acids is 1. The third-order valence-corrected chi connectivity index (χ3v) is 6.37. The number of piperazine rings is 1. The molecule has 0 bridgehead atoms. The molecule has 1 aromatic rings. The molecule has 0 spiro atoms. The van der Waals surface area contributed by atoms with Gasteiger partial charge in [-0.1, -0.05) is 12.1 Å². The Morgan fingerprint density at radius 3 is 2.80 bits per heavy atom. The summed E-state index contributed by atoms with van der Waals surface area (Å²) >= 11 is 0. The SMILES string of the molecule is Cl.O=C1CNCCN1C1CCCN(S(=O)(=O)Cc2cccc(F)c2)C1. The molecule has 2 aliphatic heterocycles. The fourth-order valence-corrected chi connectivity index (χ4v) is 4.95. The number of rotatable bonds is 4. The predicted octanol–water partition coefficient (Wildman–Crippen LogP) is 0.974. The summed E-state index contributed by atoms with van der Waals surface area (Å²) in [4.78, 5) is 13.8. The molecule has 1 unspecified atom stereocenters. The largest absolute Gasteiger partial charge is 0.336 e. The molecule has 2 aliphatic rings. The van der Waals surface area contributed by atoms with Crippen LogP contribution in [0.4, 0.5) is 4.39 Å². The molecule has 3 rings (SSSR count). The van der Waals surface area contributed by atoms with E-state index in [1.807, 2.05) is 0 Å². The van der Waals surface area contributed by atoms with E-state index in [-0.39, 0.29) is 30.1 Å². The van der Waals surface area contributed by atoms with E-state index in [0.29, 0.717) is 31.7 Å². The van der Waals surface area contributed by atoms with Crippen LogP contribution in [0.1, 0.15) is 18.4 Å². The Morgan fingerprint density at radius 2 is 2.08 bits per heavy atom. The molecular formula is C16H23ClFN3O3S. The van der Waals surface area contributed by atoms with E-state index >= 15 is 0 Å². The quantitative estimate of drug-likeness (QED) is 0.830. The maximum Gasteiger partial charge on any atom is 0.236 e. The predicted molar refractivity (Wildman–Crippen MR) is 95.4 cm³/mol. The van der Waals surface area contributed by atoms with Gasteiger partial charge in [0.05, 0.1) is 12.3 Å². The number of amides is 1. The van der Waals surface area contributed by atoms with Crippen molar-refractivity contribution in [2.45, 2.75) is 24.6 Å². The molecule has 2 heterocycles. The Hall–Kier alpha value is -1.22. The first-order valence-electron chi connectivity index (χ1n) is 8.18. The topological polar surface area (TPSA) is 69.7 Å². The third-order valence-electron chi connectivity index (χ3n) is 4.56. The van der Waals surface area contributed by atoms with Crippen molar-refractivity contribution < 1.29 is 17.6 Å². The molecule has 2 saturated heterocycles. The Bertz CT molecular complexity index is 716. The molecular weight excluding hydrogens is 369 g/mol. The summed E-state index contributed by atoms with van der Waals surface area (Å²) < 4.78 is 40.0. The molecule has 1 amide bonds. The Morgan fingerprint density at radius 1 is 1.28 bits per heavy atom. The zero-order valence-corrected chi connectivity index (χ0v) is 15.5. The molecule has 0 radical (unpaired) electrons. The van der Waals surface area contributed by atoms with Crippen LogP contribution in [0.25, 0.3) is 0 Å². The molecule has 6 nitrogen and oxygen atoms in total. The van der Waals surface area contributed by atoms with Crippen LogP contribution in [0.2, 0.25) is 0 Å². The van der Waals surface area contributed by atoms with Gasteiger partial charge in [0.1, 0.15) is 5.82 Å². The lowest BCUT2D eigenvalue weighted by Crippen LogP contribution is -2.57. The number of nitrogens with one attached hydrogen (secondary N) is 1. The lowest BCUT2D eigenvalue weighted by molar-refractivity contribution is -0.135. The molecule has 9 heteroatoms. The Balaban J connectivity index is 0.00000225. The summed E-state index contributed by atoms with van der Waals surface area (Å²) in [6.45, 7) is 2.43. The molecule has 25 heavy (non-hydrogen) atoms.